The van der Waals surface area contributed by atoms with Crippen molar-refractivity contribution in [3.8, 4) is 0 Å². The summed E-state index contributed by atoms with van der Waals surface area (Å²) in [5, 5.41) is 14.2. The third-order valence-corrected chi connectivity index (χ3v) is 4.34. The summed E-state index contributed by atoms with van der Waals surface area (Å²) in [5.41, 5.74) is 0.796. The van der Waals surface area contributed by atoms with Crippen molar-refractivity contribution in [2.24, 2.45) is 0 Å². The smallest absolute Gasteiger partial charge is 0.320 e. The number of benzene rings is 2. The molecule has 0 saturated carbocycles. The lowest BCUT2D eigenvalue weighted by molar-refractivity contribution is -0.142. The Hall–Kier alpha value is -2.40. The van der Waals surface area contributed by atoms with Crippen LogP contribution in [0.4, 0.5) is 5.69 Å². The lowest BCUT2D eigenvalue weighted by atomic mass is 10.1. The predicted molar refractivity (Wildman–Crippen MR) is 89.4 cm³/mol. The van der Waals surface area contributed by atoms with Crippen LogP contribution >= 0.6 is 0 Å². The zero-order valence-electron chi connectivity index (χ0n) is 12.9. The van der Waals surface area contributed by atoms with Crippen LogP contribution in [0.15, 0.2) is 42.5 Å². The Morgan fingerprint density at radius 3 is 2.78 bits per heavy atom. The molecule has 1 aliphatic heterocycles. The molecule has 3 rings (SSSR count). The van der Waals surface area contributed by atoms with E-state index in [1.807, 2.05) is 47.4 Å². The number of hydrogen-bond donors (Lipinski definition) is 2. The number of amides is 1. The quantitative estimate of drug-likeness (QED) is 0.890. The van der Waals surface area contributed by atoms with E-state index in [1.165, 1.54) is 0 Å². The molecule has 0 aromatic heterocycles. The molecule has 1 atom stereocenters. The van der Waals surface area contributed by atoms with Crippen molar-refractivity contribution in [1.82, 2.24) is 4.90 Å². The van der Waals surface area contributed by atoms with Crippen molar-refractivity contribution in [2.75, 3.05) is 18.4 Å². The second-order valence-electron chi connectivity index (χ2n) is 5.86. The molecular weight excluding hydrogens is 292 g/mol. The average molecular weight is 312 g/mol. The molecule has 0 aliphatic carbocycles. The molecule has 2 aromatic carbocycles. The van der Waals surface area contributed by atoms with Crippen LogP contribution in [-0.2, 0) is 9.59 Å². The van der Waals surface area contributed by atoms with Gasteiger partial charge >= 0.3 is 5.97 Å². The largest absolute Gasteiger partial charge is 0.480 e. The fourth-order valence-electron chi connectivity index (χ4n) is 3.17. The highest BCUT2D eigenvalue weighted by Crippen LogP contribution is 2.23. The third kappa shape index (κ3) is 3.51. The fourth-order valence-corrected chi connectivity index (χ4v) is 3.17. The number of likely N-dealkylation sites (tertiary alicyclic amines) is 1. The number of carboxylic acids is 1. The summed E-state index contributed by atoms with van der Waals surface area (Å²) < 4.78 is 0. The maximum absolute atomic E-state index is 12.2. The molecule has 1 saturated heterocycles. The van der Waals surface area contributed by atoms with Crippen LogP contribution < -0.4 is 5.32 Å². The van der Waals surface area contributed by atoms with Gasteiger partial charge in [0, 0.05) is 24.0 Å². The second-order valence-corrected chi connectivity index (χ2v) is 5.86. The van der Waals surface area contributed by atoms with Crippen molar-refractivity contribution in [1.29, 1.82) is 0 Å². The van der Waals surface area contributed by atoms with E-state index in [9.17, 15) is 9.59 Å². The number of carboxylic acid groups (broad SMARTS) is 1. The Labute approximate surface area is 134 Å². The van der Waals surface area contributed by atoms with E-state index in [0.29, 0.717) is 19.4 Å². The maximum Gasteiger partial charge on any atom is 0.320 e. The van der Waals surface area contributed by atoms with Crippen molar-refractivity contribution in [2.45, 2.75) is 25.3 Å². The third-order valence-electron chi connectivity index (χ3n) is 4.34. The summed E-state index contributed by atoms with van der Waals surface area (Å²) in [7, 11) is 0. The van der Waals surface area contributed by atoms with Gasteiger partial charge in [-0.2, -0.15) is 0 Å². The van der Waals surface area contributed by atoms with E-state index in [4.69, 9.17) is 5.11 Å². The van der Waals surface area contributed by atoms with Gasteiger partial charge in [0.2, 0.25) is 5.91 Å². The van der Waals surface area contributed by atoms with Crippen molar-refractivity contribution in [3.05, 3.63) is 42.5 Å². The van der Waals surface area contributed by atoms with Gasteiger partial charge in [0.1, 0.15) is 6.04 Å². The van der Waals surface area contributed by atoms with Gasteiger partial charge in [-0.15, -0.1) is 0 Å². The summed E-state index contributed by atoms with van der Waals surface area (Å²) >= 11 is 0. The first-order valence-electron chi connectivity index (χ1n) is 7.89. The second kappa shape index (κ2) is 6.79. The minimum absolute atomic E-state index is 0.0857. The summed E-state index contributed by atoms with van der Waals surface area (Å²) in [5.74, 6) is -0.880. The molecular formula is C18H20N2O3. The molecule has 2 aromatic rings. The highest BCUT2D eigenvalue weighted by atomic mass is 16.4. The van der Waals surface area contributed by atoms with E-state index in [2.05, 4.69) is 5.32 Å². The van der Waals surface area contributed by atoms with Gasteiger partial charge in [-0.1, -0.05) is 36.4 Å². The minimum Gasteiger partial charge on any atom is -0.480 e. The molecule has 5 heteroatoms. The lowest BCUT2D eigenvalue weighted by Gasteiger charge is -2.20. The molecule has 5 nitrogen and oxygen atoms in total. The predicted octanol–water partition coefficient (Wildman–Crippen LogP) is 2.72. The number of rotatable bonds is 5. The van der Waals surface area contributed by atoms with Gasteiger partial charge in [-0.05, 0) is 30.8 Å². The van der Waals surface area contributed by atoms with Crippen molar-refractivity contribution < 1.29 is 14.7 Å². The van der Waals surface area contributed by atoms with Gasteiger partial charge in [-0.3, -0.25) is 14.5 Å². The number of carbonyl (C=O) groups excluding carboxylic acids is 1. The SMILES string of the molecule is O=C(CCN1CCC[C@H]1C(=O)O)Nc1cccc2ccccc12. The molecule has 1 amide bonds. The van der Waals surface area contributed by atoms with Crippen LogP contribution in [0.1, 0.15) is 19.3 Å². The summed E-state index contributed by atoms with van der Waals surface area (Å²) in [6.45, 7) is 1.23. The number of nitrogens with zero attached hydrogens (tertiary/aromatic N) is 1. The standard InChI is InChI=1S/C18H20N2O3/c21-17(10-12-20-11-4-9-16(20)18(22)23)19-15-8-3-6-13-5-1-2-7-14(13)15/h1-3,5-8,16H,4,9-12H2,(H,19,21)(H,22,23)/t16-/m0/s1. The highest BCUT2D eigenvalue weighted by Gasteiger charge is 2.30. The summed E-state index contributed by atoms with van der Waals surface area (Å²) in [4.78, 5) is 25.2. The number of nitrogens with one attached hydrogen (secondary N) is 1. The van der Waals surface area contributed by atoms with Gasteiger partial charge < -0.3 is 10.4 Å². The lowest BCUT2D eigenvalue weighted by Crippen LogP contribution is -2.37. The number of fused-ring (bicyclic) bond motifs is 1. The first-order chi connectivity index (χ1) is 11.1. The Morgan fingerprint density at radius 2 is 1.96 bits per heavy atom. The fraction of sp³-hybridized carbons (Fsp3) is 0.333. The Balaban J connectivity index is 1.62. The van der Waals surface area contributed by atoms with Crippen LogP contribution in [0, 0.1) is 0 Å². The van der Waals surface area contributed by atoms with E-state index >= 15 is 0 Å². The number of carbonyl (C=O) groups is 2. The summed E-state index contributed by atoms with van der Waals surface area (Å²) in [6.07, 6.45) is 1.84. The van der Waals surface area contributed by atoms with E-state index in [-0.39, 0.29) is 5.91 Å². The zero-order valence-corrected chi connectivity index (χ0v) is 12.9. The van der Waals surface area contributed by atoms with E-state index in [1.54, 1.807) is 0 Å². The van der Waals surface area contributed by atoms with Crippen LogP contribution in [-0.4, -0.2) is 41.0 Å². The normalized spacial score (nSPS) is 18.2. The molecule has 1 fully saturated rings. The van der Waals surface area contributed by atoms with Gasteiger partial charge in [0.25, 0.3) is 0 Å². The Kier molecular flexibility index (Phi) is 4.57. The summed E-state index contributed by atoms with van der Waals surface area (Å²) in [6, 6.07) is 13.3. The average Bonchev–Trinajstić information content (AvgIpc) is 3.02. The Morgan fingerprint density at radius 1 is 1.17 bits per heavy atom. The van der Waals surface area contributed by atoms with E-state index < -0.39 is 12.0 Å². The van der Waals surface area contributed by atoms with Gasteiger partial charge in [-0.25, -0.2) is 0 Å². The molecule has 1 aliphatic rings. The zero-order chi connectivity index (χ0) is 16.2. The van der Waals surface area contributed by atoms with Crippen molar-refractivity contribution >= 4 is 28.3 Å². The maximum atomic E-state index is 12.2. The molecule has 120 valence electrons. The first kappa shape index (κ1) is 15.5. The molecule has 0 radical (unpaired) electrons. The molecule has 0 bridgehead atoms. The monoisotopic (exact) mass is 312 g/mol. The molecule has 2 N–H and O–H groups in total. The molecule has 23 heavy (non-hydrogen) atoms. The Bertz CT molecular complexity index is 724. The van der Waals surface area contributed by atoms with Crippen LogP contribution in [0.3, 0.4) is 0 Å². The first-order valence-corrected chi connectivity index (χ1v) is 7.89. The minimum atomic E-state index is -0.794. The van der Waals surface area contributed by atoms with Gasteiger partial charge in [0.15, 0.2) is 0 Å². The molecule has 1 heterocycles. The van der Waals surface area contributed by atoms with Gasteiger partial charge in [0.05, 0.1) is 0 Å². The number of aliphatic carboxylic acids is 1. The molecule has 0 spiro atoms. The van der Waals surface area contributed by atoms with Crippen LogP contribution in [0.25, 0.3) is 10.8 Å². The molecule has 0 unspecified atom stereocenters. The number of hydrogen-bond acceptors (Lipinski definition) is 3. The van der Waals surface area contributed by atoms with Crippen LogP contribution in [0.2, 0.25) is 0 Å². The highest BCUT2D eigenvalue weighted by molar-refractivity contribution is 6.02. The van der Waals surface area contributed by atoms with Crippen LogP contribution in [0.5, 0.6) is 0 Å². The van der Waals surface area contributed by atoms with E-state index in [0.717, 1.165) is 29.4 Å². The number of anilines is 1. The topological polar surface area (TPSA) is 69.6 Å². The van der Waals surface area contributed by atoms with Crippen molar-refractivity contribution in [3.63, 3.8) is 0 Å².